The zero-order chi connectivity index (χ0) is 93.9. The third kappa shape index (κ3) is 9.05. The summed E-state index contributed by atoms with van der Waals surface area (Å²) in [6.45, 7) is 4.98. The Labute approximate surface area is 499 Å². The zero-order valence-corrected chi connectivity index (χ0v) is 42.5. The SMILES string of the molecule is CCc1cc(F)cc2c1[nH]c1nc(Oc3cnc4c(c3)C(=O)N(C)C4)nc(N3C[C@H]4CC3C[C@H]4N)c12.CN1Cc2ncc(O)cc2C1=O.CNc1cc(F)cc2c1Cc1nc(Cl)nc(Cl)c1-2.N[C@@H]1C[C@H]2CC1CN2.[2H][2H].[2H][2H].[2H][2H].[2H][2H].[2H][2H].[2H][2H].[2H][2H].[2H][2H].[2H][2H].[2H][2H].[2H][2H].[2H][2H].[2H][2H].[2H][2H].[2H][2H].[2H][2H].[2H][2H].[2H][2H].[2H][2H].[2H][2H].[2H][2H]. The second-order valence-corrected chi connectivity index (χ2v) is 20.7. The number of nitrogens with one attached hydrogen (secondary N) is 3. The quantitative estimate of drug-likeness (QED) is 0.0693. The average Bonchev–Trinajstić information content (AvgIpc) is 1.58. The molecule has 8 N–H and O–H groups in total. The van der Waals surface area contributed by atoms with E-state index in [0.717, 1.165) is 92.9 Å². The molecule has 2 aromatic carbocycles. The topological polar surface area (TPSA) is 243 Å². The first-order valence-electron chi connectivity index (χ1n) is 45.6. The fraction of sp³-hybridized carbons (Fsp3) is 0.385. The number of aromatic amines is 1. The lowest BCUT2D eigenvalue weighted by Crippen LogP contribution is -2.41. The maximum atomic E-state index is 14.6. The van der Waals surface area contributed by atoms with Gasteiger partial charge in [-0.1, -0.05) is 18.5 Å². The molecule has 5 aromatic heterocycles. The number of carbonyl (C=O) groups excluding carboxylic acids is 2. The maximum absolute atomic E-state index is 14.6. The van der Waals surface area contributed by atoms with Crippen LogP contribution in [0, 0.1) is 23.5 Å². The van der Waals surface area contributed by atoms with Crippen molar-refractivity contribution in [2.24, 2.45) is 23.3 Å². The summed E-state index contributed by atoms with van der Waals surface area (Å²) in [4.78, 5) is 58.5. The number of aromatic hydroxyl groups is 1. The van der Waals surface area contributed by atoms with Crippen molar-refractivity contribution in [1.29, 1.82) is 0 Å². The Morgan fingerprint density at radius 1 is 0.865 bits per heavy atom. The summed E-state index contributed by atoms with van der Waals surface area (Å²) in [5, 5.41) is 17.4. The van der Waals surface area contributed by atoms with E-state index in [4.69, 9.17) is 112 Å². The van der Waals surface area contributed by atoms with Crippen molar-refractivity contribution in [2.45, 2.75) is 82.7 Å². The molecule has 6 atom stereocenters. The van der Waals surface area contributed by atoms with Crippen LogP contribution < -0.4 is 31.7 Å². The minimum absolute atomic E-state index is 0.0393. The second-order valence-electron chi connectivity index (χ2n) is 20.0. The number of H-pyrrole nitrogens is 1. The number of benzene rings is 2. The standard InChI is InChI=1S/C26H26FN7O2.C12H8Cl2FN3.C8H8N2O2.C6H12N2.21H2/c1-3-12-4-14(27)6-18-21-23(30-22(12)18)31-26(32-24(21)34-10-13-5-15(34)7-19(13)28)36-16-8-17-20(29-9-16)11-33(2)25(17)35;1-16-8-3-5(15)2-7-6(8)4-9-10(7)11(13)18-12(14)17-9;1-10-4-7-6(8(10)12)2-5(11)3-9-7;7-6-2-5-1-4(6)3-8-5;;;;;;;;;;;;;;;;;;;;;/h4,6,8-9,13,15,19H,3,5,7,10-11,28H2,1-2H3,(H,30,31,32);2-3,16H,4H2,1H3;2-3,11H,4H2,1H3;4-6,8H,1-3,7H2;21*1H/t13-,15?,19-;;;4?,5-,6-;;;;;;;;;;;;;;;;;;;;;/m1..1...................../s1/i;;;;21*1+1D. The number of fused-ring (bicyclic) bond motifs is 12. The normalized spacial score (nSPS) is 24.5. The summed E-state index contributed by atoms with van der Waals surface area (Å²) < 4.78 is 244. The van der Waals surface area contributed by atoms with Gasteiger partial charge in [-0.3, -0.25) is 19.6 Å². The molecule has 2 saturated heterocycles. The number of ether oxygens (including phenoxy) is 1. The number of pyridine rings is 2. The van der Waals surface area contributed by atoms with Gasteiger partial charge in [0, 0.05) is 137 Å². The van der Waals surface area contributed by atoms with Gasteiger partial charge in [0.1, 0.15) is 39.8 Å². The fourth-order valence-electron chi connectivity index (χ4n) is 11.6. The largest absolute Gasteiger partial charge is 0.506 e. The van der Waals surface area contributed by atoms with E-state index in [1.807, 2.05) is 6.92 Å². The van der Waals surface area contributed by atoms with Gasteiger partial charge in [0.25, 0.3) is 11.8 Å². The molecule has 2 unspecified atom stereocenters. The van der Waals surface area contributed by atoms with Gasteiger partial charge in [-0.25, -0.2) is 18.7 Å². The molecule has 7 aliphatic rings. The Hall–Kier alpha value is -6.84. The monoisotopic (exact) mass is 1130 g/mol. The number of nitrogens with two attached hydrogens (primary N) is 2. The number of aryl methyl sites for hydroxylation is 1. The van der Waals surface area contributed by atoms with Gasteiger partial charge in [0.2, 0.25) is 5.28 Å². The van der Waals surface area contributed by atoms with Crippen molar-refractivity contribution >= 4 is 68.5 Å². The molecule has 4 fully saturated rings. The molecule has 22 heteroatoms. The average molecular weight is 1130 g/mol. The molecule has 18 nitrogen and oxygen atoms in total. The van der Waals surface area contributed by atoms with Gasteiger partial charge in [-0.2, -0.15) is 9.97 Å². The molecule has 4 aliphatic heterocycles. The van der Waals surface area contributed by atoms with E-state index in [1.54, 1.807) is 55.3 Å². The van der Waals surface area contributed by atoms with Gasteiger partial charge >= 0.3 is 6.01 Å². The number of anilines is 2. The molecule has 4 bridgehead atoms. The van der Waals surface area contributed by atoms with Crippen LogP contribution >= 0.6 is 23.2 Å². The van der Waals surface area contributed by atoms with Crippen molar-refractivity contribution in [3.05, 3.63) is 110 Å². The lowest BCUT2D eigenvalue weighted by Gasteiger charge is -2.31. The highest BCUT2D eigenvalue weighted by Crippen LogP contribution is 2.45. The predicted octanol–water partition coefficient (Wildman–Crippen LogP) is 12.3. The third-order valence-corrected chi connectivity index (χ3v) is 15.7. The Balaban J connectivity index is -0.000000131. The number of hydrogen-bond acceptors (Lipinski definition) is 15. The first-order chi connectivity index (χ1) is 56.5. The van der Waals surface area contributed by atoms with Crippen LogP contribution in [0.3, 0.4) is 0 Å². The van der Waals surface area contributed by atoms with Crippen molar-refractivity contribution in [3.8, 4) is 28.6 Å². The molecule has 2 amide bonds. The number of aromatic nitrogens is 7. The minimum Gasteiger partial charge on any atom is -0.506 e. The van der Waals surface area contributed by atoms with E-state index in [9.17, 15) is 18.4 Å². The van der Waals surface area contributed by atoms with E-state index in [2.05, 4.69) is 45.4 Å². The molecule has 0 radical (unpaired) electrons. The molecule has 2 saturated carbocycles. The van der Waals surface area contributed by atoms with Crippen LogP contribution in [0.2, 0.25) is 10.4 Å². The Kier molecular flexibility index (Phi) is 8.02. The van der Waals surface area contributed by atoms with Crippen LogP contribution in [0.5, 0.6) is 17.5 Å². The van der Waals surface area contributed by atoms with Crippen molar-refractivity contribution in [1.82, 2.24) is 50.0 Å². The van der Waals surface area contributed by atoms with E-state index in [1.165, 1.54) is 43.8 Å². The summed E-state index contributed by atoms with van der Waals surface area (Å²) in [5.41, 5.74) is 20.8. The Morgan fingerprint density at radius 3 is 2.22 bits per heavy atom. The Morgan fingerprint density at radius 2 is 1.58 bits per heavy atom. The van der Waals surface area contributed by atoms with Crippen molar-refractivity contribution in [3.63, 3.8) is 0 Å². The minimum atomic E-state index is -0.322. The van der Waals surface area contributed by atoms with Crippen LogP contribution in [-0.2, 0) is 25.9 Å². The number of amides is 2. The van der Waals surface area contributed by atoms with Crippen LogP contribution in [0.1, 0.15) is 144 Å². The van der Waals surface area contributed by atoms with E-state index in [0.29, 0.717) is 66.0 Å². The van der Waals surface area contributed by atoms with Crippen LogP contribution in [-0.4, -0.2) is 120 Å². The smallest absolute Gasteiger partial charge is 0.326 e. The van der Waals surface area contributed by atoms with Crippen LogP contribution in [0.15, 0.2) is 48.8 Å². The number of nitrogens with zero attached hydrogens (tertiary/aromatic N) is 9. The summed E-state index contributed by atoms with van der Waals surface area (Å²) in [6, 6.07) is 11.1. The molecular weight excluding hydrogens is 994 g/mol. The summed E-state index contributed by atoms with van der Waals surface area (Å²) in [6.07, 6.45) is 8.66. The van der Waals surface area contributed by atoms with Gasteiger partial charge in [-0.05, 0) is 115 Å². The number of halogens is 4. The van der Waals surface area contributed by atoms with E-state index < -0.39 is 0 Å². The van der Waals surface area contributed by atoms with E-state index >= 15 is 0 Å². The van der Waals surface area contributed by atoms with Gasteiger partial charge in [-0.15, -0.1) is 0 Å². The molecule has 14 rings (SSSR count). The second kappa shape index (κ2) is 19.5. The van der Waals surface area contributed by atoms with Gasteiger partial charge in [0.15, 0.2) is 0 Å². The van der Waals surface area contributed by atoms with Crippen LogP contribution in [0.25, 0.3) is 33.1 Å². The van der Waals surface area contributed by atoms with Gasteiger partial charge < -0.3 is 51.6 Å². The predicted molar refractivity (Wildman–Crippen MR) is 321 cm³/mol. The molecule has 426 valence electrons. The molecule has 0 spiro atoms. The van der Waals surface area contributed by atoms with Crippen LogP contribution in [0.4, 0.5) is 20.3 Å². The number of piperidine rings is 2. The highest BCUT2D eigenvalue weighted by molar-refractivity contribution is 6.34. The van der Waals surface area contributed by atoms with E-state index in [-0.39, 0.29) is 57.7 Å². The molecule has 3 aliphatic carbocycles. The van der Waals surface area contributed by atoms with Gasteiger partial charge in [0.05, 0.1) is 64.6 Å². The molecular formula is C52H96Cl2F2N14O4. The fourth-order valence-corrected chi connectivity index (χ4v) is 12.1. The number of rotatable bonds is 5. The lowest BCUT2D eigenvalue weighted by molar-refractivity contribution is 0.0809. The zero-order valence-electron chi connectivity index (χ0n) is 83.0. The molecule has 9 heterocycles. The first kappa shape index (κ1) is 30.5. The number of hydrogen-bond donors (Lipinski definition) is 6. The molecule has 74 heavy (non-hydrogen) atoms. The van der Waals surface area contributed by atoms with Crippen molar-refractivity contribution < 1.29 is 90.6 Å². The first-order valence-corrected chi connectivity index (χ1v) is 25.4. The lowest BCUT2D eigenvalue weighted by atomic mass is 10.0. The maximum Gasteiger partial charge on any atom is 0.326 e. The molecule has 7 aromatic rings. The third-order valence-electron chi connectivity index (χ3n) is 15.3. The summed E-state index contributed by atoms with van der Waals surface area (Å²) in [7, 11) is 5.20. The number of carbonyl (C=O) groups is 2. The summed E-state index contributed by atoms with van der Waals surface area (Å²) >= 11 is 11.9. The highest BCUT2D eigenvalue weighted by Gasteiger charge is 2.45. The summed E-state index contributed by atoms with van der Waals surface area (Å²) in [5.74, 6) is 1.59. The Bertz CT molecular complexity index is 3520. The van der Waals surface area contributed by atoms with Crippen molar-refractivity contribution in [2.75, 3.05) is 44.4 Å². The highest BCUT2D eigenvalue weighted by atomic mass is 35.5.